The Bertz CT molecular complexity index is 393. The molecule has 2 heteroatoms. The Kier molecular flexibility index (Phi) is 2.60. The normalized spacial score (nSPS) is 15.6. The Morgan fingerprint density at radius 3 is 2.93 bits per heavy atom. The van der Waals surface area contributed by atoms with Crippen molar-refractivity contribution in [3.05, 3.63) is 53.3 Å². The fourth-order valence-corrected chi connectivity index (χ4v) is 1.72. The van der Waals surface area contributed by atoms with Crippen LogP contribution in [-0.4, -0.2) is 0 Å². The number of hydrogen-bond acceptors (Lipinski definition) is 1. The average Bonchev–Trinajstić information content (AvgIpc) is 2.18. The van der Waals surface area contributed by atoms with Crippen LogP contribution in [0.25, 0.3) is 0 Å². The molecule has 1 aromatic carbocycles. The molecule has 0 saturated heterocycles. The first-order valence-corrected chi connectivity index (χ1v) is 5.03. The van der Waals surface area contributed by atoms with Crippen molar-refractivity contribution >= 4 is 17.3 Å². The van der Waals surface area contributed by atoms with Crippen molar-refractivity contribution in [3.63, 3.8) is 0 Å². The van der Waals surface area contributed by atoms with Gasteiger partial charge < -0.3 is 4.90 Å². The summed E-state index contributed by atoms with van der Waals surface area (Å²) in [6.45, 7) is 2.10. The minimum atomic E-state index is 0.772. The molecule has 1 aromatic rings. The Morgan fingerprint density at radius 2 is 2.21 bits per heavy atom. The average molecular weight is 206 g/mol. The van der Waals surface area contributed by atoms with E-state index in [9.17, 15) is 0 Å². The maximum Gasteiger partial charge on any atom is 0.0466 e. The van der Waals surface area contributed by atoms with Gasteiger partial charge in [0.2, 0.25) is 0 Å². The van der Waals surface area contributed by atoms with Crippen LogP contribution in [-0.2, 0) is 0 Å². The van der Waals surface area contributed by atoms with Crippen molar-refractivity contribution in [3.8, 4) is 0 Å². The van der Waals surface area contributed by atoms with Gasteiger partial charge >= 0.3 is 0 Å². The number of hydrogen-bond donors (Lipinski definition) is 0. The molecule has 0 bridgehead atoms. The minimum Gasteiger partial charge on any atom is -0.322 e. The monoisotopic (exact) mass is 205 g/mol. The lowest BCUT2D eigenvalue weighted by atomic mass is 10.2. The molecule has 72 valence electrons. The maximum absolute atomic E-state index is 5.94. The summed E-state index contributed by atoms with van der Waals surface area (Å²) in [4.78, 5) is 2.13. The van der Waals surface area contributed by atoms with Gasteiger partial charge in [0.05, 0.1) is 0 Å². The molecular formula is C12H12ClN. The third-order valence-corrected chi connectivity index (χ3v) is 2.51. The minimum absolute atomic E-state index is 0.772. The third kappa shape index (κ3) is 1.83. The van der Waals surface area contributed by atoms with Crippen molar-refractivity contribution in [2.45, 2.75) is 13.3 Å². The summed E-state index contributed by atoms with van der Waals surface area (Å²) in [7, 11) is 0. The molecular weight excluding hydrogens is 194 g/mol. The van der Waals surface area contributed by atoms with E-state index in [-0.39, 0.29) is 0 Å². The Morgan fingerprint density at radius 1 is 1.36 bits per heavy atom. The van der Waals surface area contributed by atoms with Gasteiger partial charge in [0.15, 0.2) is 0 Å². The smallest absolute Gasteiger partial charge is 0.0466 e. The fraction of sp³-hybridized carbons (Fsp3) is 0.167. The van der Waals surface area contributed by atoms with Crippen LogP contribution in [0.3, 0.4) is 0 Å². The van der Waals surface area contributed by atoms with Crippen LogP contribution in [0.15, 0.2) is 48.3 Å². The largest absolute Gasteiger partial charge is 0.322 e. The summed E-state index contributed by atoms with van der Waals surface area (Å²) in [6, 6.07) is 7.87. The van der Waals surface area contributed by atoms with Crippen LogP contribution in [0.2, 0.25) is 5.02 Å². The van der Waals surface area contributed by atoms with E-state index >= 15 is 0 Å². The van der Waals surface area contributed by atoms with Crippen molar-refractivity contribution < 1.29 is 0 Å². The number of nitrogens with zero attached hydrogens (tertiary/aromatic N) is 1. The standard InChI is InChI=1S/C12H12ClN/c1-10-5-2-3-8-14(10)12-7-4-6-11(13)9-12/h3-9H,2H2,1H3. The molecule has 0 amide bonds. The van der Waals surface area contributed by atoms with Crippen LogP contribution in [0.5, 0.6) is 0 Å². The Labute approximate surface area is 89.3 Å². The van der Waals surface area contributed by atoms with Crippen LogP contribution in [0.1, 0.15) is 13.3 Å². The van der Waals surface area contributed by atoms with E-state index in [1.807, 2.05) is 18.2 Å². The zero-order valence-corrected chi connectivity index (χ0v) is 8.83. The van der Waals surface area contributed by atoms with Crippen LogP contribution >= 0.6 is 11.6 Å². The van der Waals surface area contributed by atoms with Crippen LogP contribution in [0.4, 0.5) is 5.69 Å². The molecule has 1 heterocycles. The van der Waals surface area contributed by atoms with Gasteiger partial charge in [-0.3, -0.25) is 0 Å². The summed E-state index contributed by atoms with van der Waals surface area (Å²) < 4.78 is 0. The van der Waals surface area contributed by atoms with Gasteiger partial charge in [0.25, 0.3) is 0 Å². The van der Waals surface area contributed by atoms with Crippen LogP contribution in [0, 0.1) is 0 Å². The van der Waals surface area contributed by atoms with Gasteiger partial charge in [-0.25, -0.2) is 0 Å². The van der Waals surface area contributed by atoms with E-state index in [0.29, 0.717) is 0 Å². The lowest BCUT2D eigenvalue weighted by Gasteiger charge is -2.23. The van der Waals surface area contributed by atoms with Crippen LogP contribution < -0.4 is 4.90 Å². The molecule has 1 nitrogen and oxygen atoms in total. The van der Waals surface area contributed by atoms with Crippen molar-refractivity contribution in [2.24, 2.45) is 0 Å². The summed E-state index contributed by atoms with van der Waals surface area (Å²) in [5.41, 5.74) is 2.36. The molecule has 0 unspecified atom stereocenters. The summed E-state index contributed by atoms with van der Waals surface area (Å²) in [6.07, 6.45) is 7.43. The molecule has 1 aliphatic heterocycles. The van der Waals surface area contributed by atoms with Crippen molar-refractivity contribution in [1.82, 2.24) is 0 Å². The number of allylic oxidation sites excluding steroid dienone is 3. The Balaban J connectivity index is 2.34. The molecule has 0 N–H and O–H groups in total. The molecule has 1 aliphatic rings. The first kappa shape index (κ1) is 9.35. The number of benzene rings is 1. The lowest BCUT2D eigenvalue weighted by molar-refractivity contribution is 1.08. The fourth-order valence-electron chi connectivity index (χ4n) is 1.54. The van der Waals surface area contributed by atoms with E-state index < -0.39 is 0 Å². The van der Waals surface area contributed by atoms with E-state index in [4.69, 9.17) is 11.6 Å². The molecule has 0 aliphatic carbocycles. The van der Waals surface area contributed by atoms with Crippen molar-refractivity contribution in [1.29, 1.82) is 0 Å². The first-order chi connectivity index (χ1) is 6.77. The summed E-state index contributed by atoms with van der Waals surface area (Å²) >= 11 is 5.94. The molecule has 0 saturated carbocycles. The van der Waals surface area contributed by atoms with Crippen molar-refractivity contribution in [2.75, 3.05) is 4.90 Å². The maximum atomic E-state index is 5.94. The highest BCUT2D eigenvalue weighted by Crippen LogP contribution is 2.25. The molecule has 0 fully saturated rings. The quantitative estimate of drug-likeness (QED) is 0.671. The molecule has 14 heavy (non-hydrogen) atoms. The highest BCUT2D eigenvalue weighted by atomic mass is 35.5. The third-order valence-electron chi connectivity index (χ3n) is 2.27. The predicted octanol–water partition coefficient (Wildman–Crippen LogP) is 3.97. The lowest BCUT2D eigenvalue weighted by Crippen LogP contribution is -2.14. The van der Waals surface area contributed by atoms with Gasteiger partial charge in [-0.1, -0.05) is 29.8 Å². The van der Waals surface area contributed by atoms with Gasteiger partial charge in [-0.15, -0.1) is 0 Å². The zero-order chi connectivity index (χ0) is 9.97. The number of rotatable bonds is 1. The topological polar surface area (TPSA) is 3.24 Å². The number of anilines is 1. The van der Waals surface area contributed by atoms with E-state index in [2.05, 4.69) is 36.2 Å². The zero-order valence-electron chi connectivity index (χ0n) is 8.07. The van der Waals surface area contributed by atoms with Gasteiger partial charge in [-0.05, 0) is 31.5 Å². The molecule has 0 atom stereocenters. The predicted molar refractivity (Wildman–Crippen MR) is 61.4 cm³/mol. The number of halogens is 1. The molecule has 0 spiro atoms. The van der Waals surface area contributed by atoms with Gasteiger partial charge in [0.1, 0.15) is 0 Å². The highest BCUT2D eigenvalue weighted by Gasteiger charge is 2.07. The SMILES string of the molecule is CC1=CCC=CN1c1cccc(Cl)c1. The van der Waals surface area contributed by atoms with E-state index in [0.717, 1.165) is 17.1 Å². The van der Waals surface area contributed by atoms with E-state index in [1.54, 1.807) is 0 Å². The second-order valence-corrected chi connectivity index (χ2v) is 3.75. The van der Waals surface area contributed by atoms with Gasteiger partial charge in [0, 0.05) is 22.6 Å². The first-order valence-electron chi connectivity index (χ1n) is 4.65. The second-order valence-electron chi connectivity index (χ2n) is 3.32. The molecule has 2 rings (SSSR count). The summed E-state index contributed by atoms with van der Waals surface area (Å²) in [5.74, 6) is 0. The van der Waals surface area contributed by atoms with Gasteiger partial charge in [-0.2, -0.15) is 0 Å². The molecule has 0 radical (unpaired) electrons. The Hall–Kier alpha value is -1.21. The molecule has 0 aromatic heterocycles. The van der Waals surface area contributed by atoms with E-state index in [1.165, 1.54) is 5.70 Å². The highest BCUT2D eigenvalue weighted by molar-refractivity contribution is 6.30. The second kappa shape index (κ2) is 3.89. The summed E-state index contributed by atoms with van der Waals surface area (Å²) in [5, 5.41) is 0.772.